The molecular weight excluding hydrogens is 226 g/mol. The molecule has 18 heavy (non-hydrogen) atoms. The molecule has 0 spiro atoms. The van der Waals surface area contributed by atoms with Crippen LogP contribution in [-0.4, -0.2) is 26.9 Å². The Morgan fingerprint density at radius 2 is 1.83 bits per heavy atom. The van der Waals surface area contributed by atoms with Crippen molar-refractivity contribution in [3.63, 3.8) is 0 Å². The molecule has 0 fully saturated rings. The van der Waals surface area contributed by atoms with Crippen molar-refractivity contribution in [3.8, 4) is 5.75 Å². The minimum atomic E-state index is 0.391. The molecule has 0 saturated heterocycles. The first-order valence-corrected chi connectivity index (χ1v) is 6.60. The van der Waals surface area contributed by atoms with Gasteiger partial charge in [-0.3, -0.25) is 0 Å². The number of ether oxygens (including phenoxy) is 2. The number of rotatable bonds is 8. The minimum Gasteiger partial charge on any atom is -0.497 e. The molecule has 0 saturated carbocycles. The third-order valence-corrected chi connectivity index (χ3v) is 3.17. The summed E-state index contributed by atoms with van der Waals surface area (Å²) in [7, 11) is 3.44. The summed E-state index contributed by atoms with van der Waals surface area (Å²) >= 11 is 0. The maximum Gasteiger partial charge on any atom is 0.118 e. The third-order valence-electron chi connectivity index (χ3n) is 3.17. The van der Waals surface area contributed by atoms with Gasteiger partial charge in [-0.2, -0.15) is 0 Å². The van der Waals surface area contributed by atoms with Gasteiger partial charge in [0.25, 0.3) is 0 Å². The summed E-state index contributed by atoms with van der Waals surface area (Å²) in [5.41, 5.74) is 1.31. The van der Waals surface area contributed by atoms with Gasteiger partial charge in [-0.05, 0) is 37.5 Å². The van der Waals surface area contributed by atoms with Crippen molar-refractivity contribution < 1.29 is 9.47 Å². The van der Waals surface area contributed by atoms with Crippen LogP contribution < -0.4 is 10.1 Å². The lowest BCUT2D eigenvalue weighted by molar-refractivity contribution is 0.182. The van der Waals surface area contributed by atoms with Crippen LogP contribution in [0.1, 0.15) is 38.3 Å². The van der Waals surface area contributed by atoms with Gasteiger partial charge in [0, 0.05) is 25.8 Å². The lowest BCUT2D eigenvalue weighted by Crippen LogP contribution is -2.31. The predicted octanol–water partition coefficient (Wildman–Crippen LogP) is 3.16. The number of nitrogens with one attached hydrogen (secondary N) is 1. The molecule has 0 aromatic heterocycles. The highest BCUT2D eigenvalue weighted by atomic mass is 16.5. The van der Waals surface area contributed by atoms with E-state index in [2.05, 4.69) is 31.3 Å². The van der Waals surface area contributed by atoms with Gasteiger partial charge in [-0.15, -0.1) is 0 Å². The summed E-state index contributed by atoms with van der Waals surface area (Å²) < 4.78 is 10.3. The average molecular weight is 251 g/mol. The first-order valence-electron chi connectivity index (χ1n) is 6.60. The number of benzene rings is 1. The lowest BCUT2D eigenvalue weighted by atomic mass is 10.0. The van der Waals surface area contributed by atoms with E-state index in [0.717, 1.165) is 25.2 Å². The van der Waals surface area contributed by atoms with E-state index in [0.29, 0.717) is 12.1 Å². The molecule has 1 aromatic rings. The van der Waals surface area contributed by atoms with Crippen molar-refractivity contribution in [1.82, 2.24) is 5.32 Å². The maximum absolute atomic E-state index is 5.18. The zero-order valence-electron chi connectivity index (χ0n) is 11.9. The molecule has 0 amide bonds. The molecule has 0 bridgehead atoms. The highest BCUT2D eigenvalue weighted by Gasteiger charge is 2.12. The van der Waals surface area contributed by atoms with Crippen molar-refractivity contribution in [3.05, 3.63) is 29.8 Å². The van der Waals surface area contributed by atoms with Gasteiger partial charge in [0.05, 0.1) is 7.11 Å². The quantitative estimate of drug-likeness (QED) is 0.770. The first-order chi connectivity index (χ1) is 8.71. The summed E-state index contributed by atoms with van der Waals surface area (Å²) in [6, 6.07) is 9.13. The van der Waals surface area contributed by atoms with Crippen LogP contribution in [0.15, 0.2) is 24.3 Å². The van der Waals surface area contributed by atoms with Crippen LogP contribution in [0.3, 0.4) is 0 Å². The van der Waals surface area contributed by atoms with Crippen LogP contribution in [0.4, 0.5) is 0 Å². The molecule has 1 N–H and O–H groups in total. The summed E-state index contributed by atoms with van der Waals surface area (Å²) in [5.74, 6) is 0.904. The molecule has 102 valence electrons. The molecule has 0 radical (unpaired) electrons. The molecule has 2 unspecified atom stereocenters. The lowest BCUT2D eigenvalue weighted by Gasteiger charge is -2.22. The van der Waals surface area contributed by atoms with E-state index >= 15 is 0 Å². The van der Waals surface area contributed by atoms with Crippen molar-refractivity contribution >= 4 is 0 Å². The van der Waals surface area contributed by atoms with Crippen LogP contribution in [0.25, 0.3) is 0 Å². The summed E-state index contributed by atoms with van der Waals surface area (Å²) in [6.07, 6.45) is 2.10. The van der Waals surface area contributed by atoms with Crippen LogP contribution in [0.2, 0.25) is 0 Å². The van der Waals surface area contributed by atoms with Gasteiger partial charge in [0.15, 0.2) is 0 Å². The number of hydrogen-bond donors (Lipinski definition) is 1. The van der Waals surface area contributed by atoms with Crippen LogP contribution >= 0.6 is 0 Å². The molecule has 1 aromatic carbocycles. The monoisotopic (exact) mass is 251 g/mol. The van der Waals surface area contributed by atoms with Gasteiger partial charge in [0.2, 0.25) is 0 Å². The Labute approximate surface area is 110 Å². The Kier molecular flexibility index (Phi) is 6.76. The highest BCUT2D eigenvalue weighted by Crippen LogP contribution is 2.20. The SMILES string of the molecule is CCC(NC(C)CCOC)c1ccc(OC)cc1. The zero-order chi connectivity index (χ0) is 13.4. The molecule has 3 nitrogen and oxygen atoms in total. The standard InChI is InChI=1S/C15H25NO2/c1-5-15(16-12(2)10-11-17-3)13-6-8-14(18-4)9-7-13/h6-9,12,15-16H,5,10-11H2,1-4H3. The Balaban J connectivity index is 2.58. The molecule has 1 rings (SSSR count). The smallest absolute Gasteiger partial charge is 0.118 e. The number of hydrogen-bond acceptors (Lipinski definition) is 3. The van der Waals surface area contributed by atoms with Crippen LogP contribution in [0, 0.1) is 0 Å². The van der Waals surface area contributed by atoms with Gasteiger partial charge in [-0.1, -0.05) is 19.1 Å². The van der Waals surface area contributed by atoms with E-state index in [1.807, 2.05) is 12.1 Å². The van der Waals surface area contributed by atoms with Crippen LogP contribution in [-0.2, 0) is 4.74 Å². The largest absolute Gasteiger partial charge is 0.497 e. The van der Waals surface area contributed by atoms with Crippen molar-refractivity contribution in [1.29, 1.82) is 0 Å². The summed E-state index contributed by atoms with van der Waals surface area (Å²) in [6.45, 7) is 5.20. The van der Waals surface area contributed by atoms with E-state index < -0.39 is 0 Å². The van der Waals surface area contributed by atoms with Crippen molar-refractivity contribution in [2.45, 2.75) is 38.8 Å². The topological polar surface area (TPSA) is 30.5 Å². The second kappa shape index (κ2) is 8.11. The molecule has 0 aliphatic carbocycles. The average Bonchev–Trinajstić information content (AvgIpc) is 2.42. The number of methoxy groups -OCH3 is 2. The van der Waals surface area contributed by atoms with E-state index in [9.17, 15) is 0 Å². The highest BCUT2D eigenvalue weighted by molar-refractivity contribution is 5.29. The molecule has 3 heteroatoms. The molecular formula is C15H25NO2. The molecule has 0 heterocycles. The van der Waals surface area contributed by atoms with Gasteiger partial charge in [0.1, 0.15) is 5.75 Å². The molecule has 0 aliphatic rings. The second-order valence-corrected chi connectivity index (χ2v) is 4.58. The Hall–Kier alpha value is -1.06. The summed E-state index contributed by atoms with van der Waals surface area (Å²) in [4.78, 5) is 0. The molecule has 2 atom stereocenters. The Bertz CT molecular complexity index is 324. The second-order valence-electron chi connectivity index (χ2n) is 4.58. The minimum absolute atomic E-state index is 0.391. The predicted molar refractivity (Wildman–Crippen MR) is 75.1 cm³/mol. The van der Waals surface area contributed by atoms with Crippen molar-refractivity contribution in [2.24, 2.45) is 0 Å². The van der Waals surface area contributed by atoms with E-state index in [-0.39, 0.29) is 0 Å². The molecule has 0 aliphatic heterocycles. The summed E-state index contributed by atoms with van der Waals surface area (Å²) in [5, 5.41) is 3.63. The first kappa shape index (κ1) is 15.0. The fourth-order valence-electron chi connectivity index (χ4n) is 2.01. The van der Waals surface area contributed by atoms with Gasteiger partial charge < -0.3 is 14.8 Å². The van der Waals surface area contributed by atoms with E-state index in [1.54, 1.807) is 14.2 Å². The fourth-order valence-corrected chi connectivity index (χ4v) is 2.01. The van der Waals surface area contributed by atoms with E-state index in [1.165, 1.54) is 5.56 Å². The zero-order valence-corrected chi connectivity index (χ0v) is 11.9. The fraction of sp³-hybridized carbons (Fsp3) is 0.600. The van der Waals surface area contributed by atoms with Gasteiger partial charge >= 0.3 is 0 Å². The Morgan fingerprint density at radius 3 is 2.33 bits per heavy atom. The van der Waals surface area contributed by atoms with E-state index in [4.69, 9.17) is 9.47 Å². The van der Waals surface area contributed by atoms with Crippen LogP contribution in [0.5, 0.6) is 5.75 Å². The van der Waals surface area contributed by atoms with Crippen molar-refractivity contribution in [2.75, 3.05) is 20.8 Å². The normalized spacial score (nSPS) is 14.2. The van der Waals surface area contributed by atoms with Gasteiger partial charge in [-0.25, -0.2) is 0 Å². The maximum atomic E-state index is 5.18. The third kappa shape index (κ3) is 4.67. The Morgan fingerprint density at radius 1 is 1.17 bits per heavy atom.